The van der Waals surface area contributed by atoms with Crippen LogP contribution in [0.5, 0.6) is 5.75 Å². The van der Waals surface area contributed by atoms with Crippen molar-refractivity contribution in [3.05, 3.63) is 66.4 Å². The van der Waals surface area contributed by atoms with Gasteiger partial charge in [0.15, 0.2) is 0 Å². The maximum Gasteiger partial charge on any atom is 0.219 e. The van der Waals surface area contributed by atoms with Crippen LogP contribution in [0.2, 0.25) is 0 Å². The first-order valence-electron chi connectivity index (χ1n) is 10.4. The highest BCUT2D eigenvalue weighted by atomic mass is 16.5. The minimum absolute atomic E-state index is 0.158. The second-order valence-electron chi connectivity index (χ2n) is 7.65. The first-order chi connectivity index (χ1) is 14.6. The van der Waals surface area contributed by atoms with Gasteiger partial charge in [0.05, 0.1) is 18.5 Å². The van der Waals surface area contributed by atoms with Crippen LogP contribution in [0, 0.1) is 0 Å². The van der Waals surface area contributed by atoms with Crippen molar-refractivity contribution in [3.63, 3.8) is 0 Å². The Morgan fingerprint density at radius 1 is 1.03 bits per heavy atom. The molecule has 30 heavy (non-hydrogen) atoms. The molecule has 4 rings (SSSR count). The van der Waals surface area contributed by atoms with Crippen LogP contribution in [0.25, 0.3) is 16.9 Å². The number of amides is 1. The number of aromatic nitrogens is 2. The number of hydrogen-bond acceptors (Lipinski definition) is 4. The number of rotatable bonds is 5. The second-order valence-corrected chi connectivity index (χ2v) is 7.65. The molecule has 1 aromatic heterocycles. The molecule has 0 radical (unpaired) electrons. The van der Waals surface area contributed by atoms with Crippen molar-refractivity contribution in [1.82, 2.24) is 19.6 Å². The topological polar surface area (TPSA) is 50.6 Å². The predicted molar refractivity (Wildman–Crippen MR) is 118 cm³/mol. The first kappa shape index (κ1) is 20.2. The molecule has 1 aliphatic rings. The van der Waals surface area contributed by atoms with Gasteiger partial charge in [0.1, 0.15) is 5.75 Å². The van der Waals surface area contributed by atoms with E-state index in [1.807, 2.05) is 46.0 Å². The molecule has 1 fully saturated rings. The Morgan fingerprint density at radius 2 is 1.87 bits per heavy atom. The van der Waals surface area contributed by atoms with E-state index in [0.717, 1.165) is 61.8 Å². The van der Waals surface area contributed by atoms with E-state index in [1.54, 1.807) is 14.0 Å². The molecule has 3 aromatic rings. The highest BCUT2D eigenvalue weighted by Crippen LogP contribution is 2.28. The van der Waals surface area contributed by atoms with Crippen molar-refractivity contribution >= 4 is 5.91 Å². The summed E-state index contributed by atoms with van der Waals surface area (Å²) in [6.07, 6.45) is 3.11. The van der Waals surface area contributed by atoms with Crippen LogP contribution in [0.4, 0.5) is 0 Å². The molecule has 0 bridgehead atoms. The van der Waals surface area contributed by atoms with Gasteiger partial charge in [0, 0.05) is 57.0 Å². The van der Waals surface area contributed by atoms with Gasteiger partial charge in [-0.15, -0.1) is 0 Å². The quantitative estimate of drug-likeness (QED) is 0.652. The molecular formula is C24H28N4O2. The zero-order valence-corrected chi connectivity index (χ0v) is 17.6. The van der Waals surface area contributed by atoms with Crippen LogP contribution in [0.3, 0.4) is 0 Å². The van der Waals surface area contributed by atoms with Gasteiger partial charge in [-0.05, 0) is 30.7 Å². The highest BCUT2D eigenvalue weighted by Gasteiger charge is 2.20. The van der Waals surface area contributed by atoms with Crippen LogP contribution >= 0.6 is 0 Å². The molecule has 0 spiro atoms. The van der Waals surface area contributed by atoms with E-state index in [1.165, 1.54) is 5.56 Å². The Hall–Kier alpha value is -3.12. The van der Waals surface area contributed by atoms with Gasteiger partial charge in [-0.1, -0.05) is 30.3 Å². The zero-order chi connectivity index (χ0) is 20.9. The second kappa shape index (κ2) is 9.13. The molecule has 6 heteroatoms. The molecule has 1 saturated heterocycles. The van der Waals surface area contributed by atoms with Crippen molar-refractivity contribution in [1.29, 1.82) is 0 Å². The normalized spacial score (nSPS) is 15.1. The molecular weight excluding hydrogens is 376 g/mol. The summed E-state index contributed by atoms with van der Waals surface area (Å²) in [4.78, 5) is 16.1. The van der Waals surface area contributed by atoms with E-state index in [2.05, 4.69) is 29.3 Å². The smallest absolute Gasteiger partial charge is 0.219 e. The molecule has 6 nitrogen and oxygen atoms in total. The molecule has 0 aliphatic carbocycles. The van der Waals surface area contributed by atoms with Gasteiger partial charge >= 0.3 is 0 Å². The average molecular weight is 405 g/mol. The van der Waals surface area contributed by atoms with E-state index in [0.29, 0.717) is 0 Å². The lowest BCUT2D eigenvalue weighted by Crippen LogP contribution is -2.33. The minimum atomic E-state index is 0.158. The average Bonchev–Trinajstić information content (AvgIpc) is 3.05. The summed E-state index contributed by atoms with van der Waals surface area (Å²) in [5, 5.41) is 4.93. The number of methoxy groups -OCH3 is 1. The lowest BCUT2D eigenvalue weighted by Gasteiger charge is -2.21. The number of para-hydroxylation sites is 1. The van der Waals surface area contributed by atoms with Crippen molar-refractivity contribution in [2.45, 2.75) is 19.9 Å². The molecule has 0 N–H and O–H groups in total. The lowest BCUT2D eigenvalue weighted by molar-refractivity contribution is -0.128. The minimum Gasteiger partial charge on any atom is -0.497 e. The number of carbonyl (C=O) groups is 1. The fraction of sp³-hybridized carbons (Fsp3) is 0.333. The third-order valence-corrected chi connectivity index (χ3v) is 5.58. The van der Waals surface area contributed by atoms with Crippen molar-refractivity contribution in [3.8, 4) is 22.7 Å². The number of benzene rings is 2. The summed E-state index contributed by atoms with van der Waals surface area (Å²) in [5.41, 5.74) is 4.21. The van der Waals surface area contributed by atoms with Gasteiger partial charge in [0.2, 0.25) is 5.91 Å². The molecule has 1 aliphatic heterocycles. The molecule has 156 valence electrons. The summed E-state index contributed by atoms with van der Waals surface area (Å²) in [5.74, 6) is 0.977. The van der Waals surface area contributed by atoms with Crippen LogP contribution in [-0.2, 0) is 11.3 Å². The molecule has 1 amide bonds. The summed E-state index contributed by atoms with van der Waals surface area (Å²) in [6, 6.07) is 18.2. The fourth-order valence-electron chi connectivity index (χ4n) is 3.94. The molecule has 2 aromatic carbocycles. The van der Waals surface area contributed by atoms with Crippen molar-refractivity contribution in [2.75, 3.05) is 33.3 Å². The Balaban J connectivity index is 1.65. The SMILES string of the molecule is COc1cccc(-c2nn(-c3ccccc3)cc2CN2CCCN(C(C)=O)CC2)c1. The van der Waals surface area contributed by atoms with Crippen LogP contribution in [0.15, 0.2) is 60.8 Å². The highest BCUT2D eigenvalue weighted by molar-refractivity contribution is 5.73. The van der Waals surface area contributed by atoms with Gasteiger partial charge in [-0.3, -0.25) is 9.69 Å². The Kier molecular flexibility index (Phi) is 6.14. The van der Waals surface area contributed by atoms with Crippen LogP contribution in [-0.4, -0.2) is 58.8 Å². The van der Waals surface area contributed by atoms with E-state index < -0.39 is 0 Å². The van der Waals surface area contributed by atoms with E-state index >= 15 is 0 Å². The van der Waals surface area contributed by atoms with Gasteiger partial charge in [-0.25, -0.2) is 4.68 Å². The third kappa shape index (κ3) is 4.54. The molecule has 0 saturated carbocycles. The number of hydrogen-bond donors (Lipinski definition) is 0. The maximum atomic E-state index is 11.8. The zero-order valence-electron chi connectivity index (χ0n) is 17.6. The van der Waals surface area contributed by atoms with Crippen molar-refractivity contribution in [2.24, 2.45) is 0 Å². The fourth-order valence-corrected chi connectivity index (χ4v) is 3.94. The number of ether oxygens (including phenoxy) is 1. The lowest BCUT2D eigenvalue weighted by atomic mass is 10.1. The summed E-state index contributed by atoms with van der Waals surface area (Å²) in [7, 11) is 1.68. The Labute approximate surface area is 177 Å². The number of carbonyl (C=O) groups excluding carboxylic acids is 1. The Morgan fingerprint density at radius 3 is 2.63 bits per heavy atom. The van der Waals surface area contributed by atoms with Crippen LogP contribution < -0.4 is 4.74 Å². The predicted octanol–water partition coefficient (Wildman–Crippen LogP) is 3.60. The number of nitrogens with zero attached hydrogens (tertiary/aromatic N) is 4. The van der Waals surface area contributed by atoms with Gasteiger partial charge < -0.3 is 9.64 Å². The van der Waals surface area contributed by atoms with Crippen LogP contribution in [0.1, 0.15) is 18.9 Å². The van der Waals surface area contributed by atoms with E-state index in [9.17, 15) is 4.79 Å². The maximum absolute atomic E-state index is 11.8. The third-order valence-electron chi connectivity index (χ3n) is 5.58. The van der Waals surface area contributed by atoms with Gasteiger partial charge in [-0.2, -0.15) is 5.10 Å². The Bertz CT molecular complexity index is 999. The summed E-state index contributed by atoms with van der Waals surface area (Å²) < 4.78 is 7.37. The van der Waals surface area contributed by atoms with Crippen molar-refractivity contribution < 1.29 is 9.53 Å². The summed E-state index contributed by atoms with van der Waals surface area (Å²) in [6.45, 7) is 5.89. The standard InChI is InChI=1S/C24H28N4O2/c1-19(29)27-13-7-12-26(14-15-27)17-21-18-28(22-9-4-3-5-10-22)25-24(21)20-8-6-11-23(16-20)30-2/h3-6,8-11,16,18H,7,12-15,17H2,1-2H3. The largest absolute Gasteiger partial charge is 0.497 e. The summed E-state index contributed by atoms with van der Waals surface area (Å²) >= 11 is 0. The van der Waals surface area contributed by atoms with E-state index in [4.69, 9.17) is 9.84 Å². The monoisotopic (exact) mass is 404 g/mol. The molecule has 2 heterocycles. The first-order valence-corrected chi connectivity index (χ1v) is 10.4. The molecule has 0 unspecified atom stereocenters. The van der Waals surface area contributed by atoms with E-state index in [-0.39, 0.29) is 5.91 Å². The molecule has 0 atom stereocenters. The van der Waals surface area contributed by atoms with Gasteiger partial charge in [0.25, 0.3) is 0 Å².